The Bertz CT molecular complexity index is 926. The van der Waals surface area contributed by atoms with Crippen molar-refractivity contribution in [2.45, 2.75) is 69.4 Å². The molecule has 1 unspecified atom stereocenters. The zero-order valence-corrected chi connectivity index (χ0v) is 17.4. The predicted molar refractivity (Wildman–Crippen MR) is 114 cm³/mol. The Morgan fingerprint density at radius 1 is 1.07 bits per heavy atom. The number of aliphatic imine (C=N–C) groups is 1. The second-order valence-corrected chi connectivity index (χ2v) is 9.28. The van der Waals surface area contributed by atoms with E-state index in [1.54, 1.807) is 0 Å². The van der Waals surface area contributed by atoms with Gasteiger partial charge in [0.15, 0.2) is 5.65 Å². The Hall–Kier alpha value is -1.79. The molecule has 0 spiro atoms. The summed E-state index contributed by atoms with van der Waals surface area (Å²) >= 11 is 6.41. The summed E-state index contributed by atoms with van der Waals surface area (Å²) in [5.41, 5.74) is 1.98. The largest absolute Gasteiger partial charge is 0.396 e. The van der Waals surface area contributed by atoms with Crippen LogP contribution in [0.25, 0.3) is 11.2 Å². The number of hydrogen-bond acceptors (Lipinski definition) is 5. The van der Waals surface area contributed by atoms with E-state index >= 15 is 0 Å². The molecule has 0 saturated heterocycles. The van der Waals surface area contributed by atoms with Crippen molar-refractivity contribution >= 4 is 29.0 Å². The Labute approximate surface area is 176 Å². The van der Waals surface area contributed by atoms with E-state index in [4.69, 9.17) is 21.6 Å². The normalized spacial score (nSPS) is 30.0. The molecule has 0 aromatic carbocycles. The highest BCUT2D eigenvalue weighted by Gasteiger charge is 2.39. The lowest BCUT2D eigenvalue weighted by Crippen LogP contribution is -2.28. The lowest BCUT2D eigenvalue weighted by Gasteiger charge is -2.33. The van der Waals surface area contributed by atoms with Crippen LogP contribution in [0.2, 0.25) is 5.28 Å². The molecule has 0 amide bonds. The Balaban J connectivity index is 1.52. The van der Waals surface area contributed by atoms with Crippen LogP contribution in [0.5, 0.6) is 0 Å². The lowest BCUT2D eigenvalue weighted by atomic mass is 9.75. The number of aromatic nitrogens is 4. The minimum absolute atomic E-state index is 0.270. The molecule has 7 heteroatoms. The zero-order valence-electron chi connectivity index (χ0n) is 16.7. The number of fused-ring (bicyclic) bond motifs is 1. The lowest BCUT2D eigenvalue weighted by molar-refractivity contribution is 0.157. The minimum atomic E-state index is -0.517. The van der Waals surface area contributed by atoms with Crippen LogP contribution >= 0.6 is 11.6 Å². The first kappa shape index (κ1) is 19.2. The van der Waals surface area contributed by atoms with Gasteiger partial charge in [-0.05, 0) is 80.5 Å². The SMILES string of the molecule is OCC1CCC(CC2(c3nc(Cl)nc4c3ncn4C3CCCC3)C=CC=N2)CC1. The highest BCUT2D eigenvalue weighted by Crippen LogP contribution is 2.43. The van der Waals surface area contributed by atoms with Crippen molar-refractivity contribution in [3.05, 3.63) is 29.5 Å². The van der Waals surface area contributed by atoms with E-state index in [2.05, 4.69) is 20.6 Å². The van der Waals surface area contributed by atoms with E-state index in [-0.39, 0.29) is 5.28 Å². The molecule has 2 aromatic rings. The van der Waals surface area contributed by atoms with Crippen LogP contribution in [-0.2, 0) is 5.54 Å². The van der Waals surface area contributed by atoms with E-state index < -0.39 is 5.54 Å². The minimum Gasteiger partial charge on any atom is -0.396 e. The summed E-state index contributed by atoms with van der Waals surface area (Å²) in [4.78, 5) is 18.9. The second kappa shape index (κ2) is 7.80. The number of aliphatic hydroxyl groups excluding tert-OH is 1. The van der Waals surface area contributed by atoms with Crippen LogP contribution in [0.4, 0.5) is 0 Å². The zero-order chi connectivity index (χ0) is 19.8. The van der Waals surface area contributed by atoms with Crippen LogP contribution in [-0.4, -0.2) is 37.4 Å². The van der Waals surface area contributed by atoms with E-state index in [1.165, 1.54) is 25.7 Å². The molecular formula is C22H28ClN5O. The van der Waals surface area contributed by atoms with Gasteiger partial charge < -0.3 is 9.67 Å². The van der Waals surface area contributed by atoms with Crippen molar-refractivity contribution < 1.29 is 5.11 Å². The van der Waals surface area contributed by atoms with Gasteiger partial charge in [-0.2, -0.15) is 4.98 Å². The first-order valence-corrected chi connectivity index (χ1v) is 11.3. The number of rotatable bonds is 5. The molecule has 0 bridgehead atoms. The van der Waals surface area contributed by atoms with Gasteiger partial charge in [-0.3, -0.25) is 4.99 Å². The third-order valence-electron chi connectivity index (χ3n) is 7.11. The molecule has 0 radical (unpaired) electrons. The summed E-state index contributed by atoms with van der Waals surface area (Å²) in [6.45, 7) is 0.302. The Morgan fingerprint density at radius 3 is 2.52 bits per heavy atom. The third-order valence-corrected chi connectivity index (χ3v) is 7.28. The predicted octanol–water partition coefficient (Wildman–Crippen LogP) is 4.62. The smallest absolute Gasteiger partial charge is 0.224 e. The number of aliphatic hydroxyl groups is 1. The summed E-state index contributed by atoms with van der Waals surface area (Å²) < 4.78 is 2.20. The van der Waals surface area contributed by atoms with Gasteiger partial charge >= 0.3 is 0 Å². The van der Waals surface area contributed by atoms with Gasteiger partial charge in [-0.25, -0.2) is 9.97 Å². The van der Waals surface area contributed by atoms with Crippen molar-refractivity contribution in [1.82, 2.24) is 19.5 Å². The molecule has 1 aliphatic heterocycles. The molecule has 154 valence electrons. The Morgan fingerprint density at radius 2 is 1.83 bits per heavy atom. The van der Waals surface area contributed by atoms with Crippen molar-refractivity contribution in [1.29, 1.82) is 0 Å². The molecule has 29 heavy (non-hydrogen) atoms. The van der Waals surface area contributed by atoms with Gasteiger partial charge in [-0.15, -0.1) is 0 Å². The number of nitrogens with zero attached hydrogens (tertiary/aromatic N) is 5. The van der Waals surface area contributed by atoms with E-state index in [0.29, 0.717) is 24.5 Å². The molecule has 3 heterocycles. The van der Waals surface area contributed by atoms with Gasteiger partial charge in [0.25, 0.3) is 0 Å². The summed E-state index contributed by atoms with van der Waals surface area (Å²) in [7, 11) is 0. The van der Waals surface area contributed by atoms with Crippen LogP contribution in [0.15, 0.2) is 23.5 Å². The summed E-state index contributed by atoms with van der Waals surface area (Å²) in [5.74, 6) is 1.01. The van der Waals surface area contributed by atoms with E-state index in [1.807, 2.05) is 18.6 Å². The average molecular weight is 414 g/mol. The fourth-order valence-electron chi connectivity index (χ4n) is 5.48. The van der Waals surface area contributed by atoms with Crippen LogP contribution < -0.4 is 0 Å². The summed E-state index contributed by atoms with van der Waals surface area (Å²) in [6.07, 6.45) is 18.1. The number of allylic oxidation sites excluding steroid dienone is 1. The van der Waals surface area contributed by atoms with Crippen molar-refractivity contribution in [2.75, 3.05) is 6.61 Å². The summed E-state index contributed by atoms with van der Waals surface area (Å²) in [6, 6.07) is 0.450. The highest BCUT2D eigenvalue weighted by atomic mass is 35.5. The molecule has 6 nitrogen and oxygen atoms in total. The number of halogens is 1. The quantitative estimate of drug-likeness (QED) is 0.725. The molecule has 1 N–H and O–H groups in total. The van der Waals surface area contributed by atoms with E-state index in [9.17, 15) is 5.11 Å². The van der Waals surface area contributed by atoms with Gasteiger partial charge in [0.05, 0.1) is 6.33 Å². The van der Waals surface area contributed by atoms with Crippen LogP contribution in [0.1, 0.15) is 69.5 Å². The fraction of sp³-hybridized carbons (Fsp3) is 0.636. The molecule has 2 aromatic heterocycles. The fourth-order valence-corrected chi connectivity index (χ4v) is 5.64. The summed E-state index contributed by atoms with van der Waals surface area (Å²) in [5, 5.41) is 9.72. The van der Waals surface area contributed by atoms with E-state index in [0.717, 1.165) is 49.0 Å². The monoisotopic (exact) mass is 413 g/mol. The van der Waals surface area contributed by atoms with Gasteiger partial charge in [0.2, 0.25) is 5.28 Å². The van der Waals surface area contributed by atoms with Crippen molar-refractivity contribution in [3.63, 3.8) is 0 Å². The maximum atomic E-state index is 9.45. The molecule has 2 saturated carbocycles. The topological polar surface area (TPSA) is 76.2 Å². The molecule has 3 aliphatic rings. The Kier molecular flexibility index (Phi) is 5.16. The van der Waals surface area contributed by atoms with Crippen LogP contribution in [0.3, 0.4) is 0 Å². The maximum absolute atomic E-state index is 9.45. The molecule has 1 atom stereocenters. The van der Waals surface area contributed by atoms with Crippen LogP contribution in [0, 0.1) is 11.8 Å². The first-order valence-electron chi connectivity index (χ1n) is 10.9. The first-order chi connectivity index (χ1) is 14.2. The standard InChI is InChI=1S/C22H28ClN5O/c23-21-26-19(18-20(27-21)28(14-24-18)17-4-1-2-5-17)22(10-3-11-25-22)12-15-6-8-16(13-29)9-7-15/h3,10-11,14-17,29H,1-2,4-9,12-13H2. The molecular weight excluding hydrogens is 386 g/mol. The second-order valence-electron chi connectivity index (χ2n) is 8.94. The van der Waals surface area contributed by atoms with Gasteiger partial charge in [-0.1, -0.05) is 12.8 Å². The van der Waals surface area contributed by atoms with Crippen molar-refractivity contribution in [3.8, 4) is 0 Å². The number of imidazole rings is 1. The maximum Gasteiger partial charge on any atom is 0.224 e. The van der Waals surface area contributed by atoms with Crippen molar-refractivity contribution in [2.24, 2.45) is 16.8 Å². The van der Waals surface area contributed by atoms with Gasteiger partial charge in [0.1, 0.15) is 16.7 Å². The third kappa shape index (κ3) is 3.50. The highest BCUT2D eigenvalue weighted by molar-refractivity contribution is 6.28. The molecule has 5 rings (SSSR count). The molecule has 2 aliphatic carbocycles. The average Bonchev–Trinajstić information content (AvgIpc) is 3.49. The number of hydrogen-bond donors (Lipinski definition) is 1. The van der Waals surface area contributed by atoms with Gasteiger partial charge in [0, 0.05) is 18.9 Å². The molecule has 2 fully saturated rings.